The van der Waals surface area contributed by atoms with Crippen molar-refractivity contribution in [2.45, 2.75) is 26.4 Å². The molecule has 2 rings (SSSR count). The molecule has 0 saturated heterocycles. The van der Waals surface area contributed by atoms with Crippen LogP contribution in [0.5, 0.6) is 0 Å². The summed E-state index contributed by atoms with van der Waals surface area (Å²) in [5, 5.41) is 3.48. The Labute approximate surface area is 115 Å². The minimum absolute atomic E-state index is 0.904. The molecule has 0 aliphatic heterocycles. The zero-order valence-electron chi connectivity index (χ0n) is 9.87. The van der Waals surface area contributed by atoms with Crippen LogP contribution in [0.3, 0.4) is 0 Å². The summed E-state index contributed by atoms with van der Waals surface area (Å²) >= 11 is 5.46. The van der Waals surface area contributed by atoms with Gasteiger partial charge in [0.25, 0.3) is 0 Å². The first-order valence-electron chi connectivity index (χ1n) is 5.81. The molecule has 3 heteroatoms. The molecule has 0 unspecified atom stereocenters. The molecule has 0 atom stereocenters. The SMILES string of the molecule is CCc1ccc(CNCc2ccccc2Br)s1. The summed E-state index contributed by atoms with van der Waals surface area (Å²) in [4.78, 5) is 2.87. The quantitative estimate of drug-likeness (QED) is 0.865. The van der Waals surface area contributed by atoms with E-state index >= 15 is 0 Å². The Balaban J connectivity index is 1.85. The molecule has 1 nitrogen and oxygen atoms in total. The fourth-order valence-corrected chi connectivity index (χ4v) is 3.02. The average Bonchev–Trinajstić information content (AvgIpc) is 2.80. The highest BCUT2D eigenvalue weighted by atomic mass is 79.9. The van der Waals surface area contributed by atoms with E-state index in [2.05, 4.69) is 58.5 Å². The molecule has 0 saturated carbocycles. The number of hydrogen-bond acceptors (Lipinski definition) is 2. The van der Waals surface area contributed by atoms with Crippen molar-refractivity contribution in [1.82, 2.24) is 5.32 Å². The largest absolute Gasteiger partial charge is 0.308 e. The molecule has 90 valence electrons. The van der Waals surface area contributed by atoms with Gasteiger partial charge in [-0.25, -0.2) is 0 Å². The second-order valence-electron chi connectivity index (χ2n) is 3.92. The molecule has 1 heterocycles. The second-order valence-corrected chi connectivity index (χ2v) is 6.02. The van der Waals surface area contributed by atoms with Gasteiger partial charge in [0.2, 0.25) is 0 Å². The van der Waals surface area contributed by atoms with Gasteiger partial charge in [0.1, 0.15) is 0 Å². The van der Waals surface area contributed by atoms with Crippen LogP contribution in [0.2, 0.25) is 0 Å². The van der Waals surface area contributed by atoms with Crippen LogP contribution in [0, 0.1) is 0 Å². The van der Waals surface area contributed by atoms with E-state index < -0.39 is 0 Å². The fourth-order valence-electron chi connectivity index (χ4n) is 1.67. The Morgan fingerprint density at radius 3 is 2.53 bits per heavy atom. The zero-order chi connectivity index (χ0) is 12.1. The highest BCUT2D eigenvalue weighted by molar-refractivity contribution is 9.10. The Morgan fingerprint density at radius 2 is 1.82 bits per heavy atom. The molecular weight excluding hydrogens is 294 g/mol. The Bertz CT molecular complexity index is 479. The molecule has 0 amide bonds. The third-order valence-electron chi connectivity index (χ3n) is 2.64. The van der Waals surface area contributed by atoms with Gasteiger partial charge >= 0.3 is 0 Å². The molecule has 1 aromatic carbocycles. The molecule has 0 aliphatic rings. The van der Waals surface area contributed by atoms with Crippen LogP contribution in [0.15, 0.2) is 40.9 Å². The third-order valence-corrected chi connectivity index (χ3v) is 4.64. The third kappa shape index (κ3) is 3.66. The smallest absolute Gasteiger partial charge is 0.0303 e. The van der Waals surface area contributed by atoms with E-state index in [0.29, 0.717) is 0 Å². The lowest BCUT2D eigenvalue weighted by Gasteiger charge is -2.05. The highest BCUT2D eigenvalue weighted by Gasteiger charge is 2.00. The lowest BCUT2D eigenvalue weighted by molar-refractivity contribution is 0.699. The van der Waals surface area contributed by atoms with Gasteiger partial charge in [-0.3, -0.25) is 0 Å². The van der Waals surface area contributed by atoms with E-state index in [9.17, 15) is 0 Å². The summed E-state index contributed by atoms with van der Waals surface area (Å²) in [6.45, 7) is 4.05. The summed E-state index contributed by atoms with van der Waals surface area (Å²) in [6.07, 6.45) is 1.13. The number of thiophene rings is 1. The van der Waals surface area contributed by atoms with Gasteiger partial charge in [-0.05, 0) is 30.2 Å². The summed E-state index contributed by atoms with van der Waals surface area (Å²) < 4.78 is 1.17. The van der Waals surface area contributed by atoms with Crippen LogP contribution in [-0.2, 0) is 19.5 Å². The Hall–Kier alpha value is -0.640. The molecule has 2 aromatic rings. The van der Waals surface area contributed by atoms with E-state index in [1.165, 1.54) is 19.8 Å². The first-order valence-corrected chi connectivity index (χ1v) is 7.42. The van der Waals surface area contributed by atoms with Crippen molar-refractivity contribution in [2.24, 2.45) is 0 Å². The van der Waals surface area contributed by atoms with Gasteiger partial charge in [-0.2, -0.15) is 0 Å². The number of aryl methyl sites for hydroxylation is 1. The average molecular weight is 310 g/mol. The second kappa shape index (κ2) is 6.34. The van der Waals surface area contributed by atoms with E-state index in [1.54, 1.807) is 0 Å². The summed E-state index contributed by atoms with van der Waals surface area (Å²) in [5.41, 5.74) is 1.31. The maximum Gasteiger partial charge on any atom is 0.0303 e. The molecule has 17 heavy (non-hydrogen) atoms. The number of rotatable bonds is 5. The van der Waals surface area contributed by atoms with Gasteiger partial charge in [0.15, 0.2) is 0 Å². The van der Waals surface area contributed by atoms with Crippen molar-refractivity contribution in [3.63, 3.8) is 0 Å². The van der Waals surface area contributed by atoms with Crippen LogP contribution in [0.25, 0.3) is 0 Å². The number of benzene rings is 1. The topological polar surface area (TPSA) is 12.0 Å². The molecule has 0 bridgehead atoms. The predicted octanol–water partition coefficient (Wildman–Crippen LogP) is 4.36. The van der Waals surface area contributed by atoms with Crippen LogP contribution < -0.4 is 5.32 Å². The molecule has 1 N–H and O–H groups in total. The minimum Gasteiger partial charge on any atom is -0.308 e. The van der Waals surface area contributed by atoms with Gasteiger partial charge in [0, 0.05) is 27.3 Å². The van der Waals surface area contributed by atoms with Gasteiger partial charge < -0.3 is 5.32 Å². The van der Waals surface area contributed by atoms with E-state index in [0.717, 1.165) is 19.5 Å². The molecule has 0 spiro atoms. The fraction of sp³-hybridized carbons (Fsp3) is 0.286. The van der Waals surface area contributed by atoms with Crippen molar-refractivity contribution >= 4 is 27.3 Å². The molecule has 0 fully saturated rings. The molecule has 0 radical (unpaired) electrons. The first-order chi connectivity index (χ1) is 8.29. The lowest BCUT2D eigenvalue weighted by atomic mass is 10.2. The number of hydrogen-bond donors (Lipinski definition) is 1. The van der Waals surface area contributed by atoms with Crippen LogP contribution in [-0.4, -0.2) is 0 Å². The maximum absolute atomic E-state index is 3.56. The molecular formula is C14H16BrNS. The van der Waals surface area contributed by atoms with Crippen molar-refractivity contribution in [1.29, 1.82) is 0 Å². The summed E-state index contributed by atoms with van der Waals surface area (Å²) in [5.74, 6) is 0. The minimum atomic E-state index is 0.904. The molecule has 0 aliphatic carbocycles. The van der Waals surface area contributed by atoms with E-state index in [4.69, 9.17) is 0 Å². The van der Waals surface area contributed by atoms with Crippen molar-refractivity contribution in [3.8, 4) is 0 Å². The van der Waals surface area contributed by atoms with Gasteiger partial charge in [-0.15, -0.1) is 11.3 Å². The maximum atomic E-state index is 3.56. The molecule has 1 aromatic heterocycles. The van der Waals surface area contributed by atoms with E-state index in [-0.39, 0.29) is 0 Å². The first kappa shape index (κ1) is 12.8. The van der Waals surface area contributed by atoms with Crippen molar-refractivity contribution < 1.29 is 0 Å². The van der Waals surface area contributed by atoms with Crippen molar-refractivity contribution in [2.75, 3.05) is 0 Å². The zero-order valence-corrected chi connectivity index (χ0v) is 12.3. The van der Waals surface area contributed by atoms with Crippen molar-refractivity contribution in [3.05, 3.63) is 56.2 Å². The number of halogens is 1. The van der Waals surface area contributed by atoms with Crippen LogP contribution in [0.4, 0.5) is 0 Å². The normalized spacial score (nSPS) is 10.7. The Kier molecular flexibility index (Phi) is 4.77. The lowest BCUT2D eigenvalue weighted by Crippen LogP contribution is -2.11. The monoisotopic (exact) mass is 309 g/mol. The van der Waals surface area contributed by atoms with E-state index in [1.807, 2.05) is 17.4 Å². The summed E-state index contributed by atoms with van der Waals surface area (Å²) in [7, 11) is 0. The predicted molar refractivity (Wildman–Crippen MR) is 78.4 cm³/mol. The van der Waals surface area contributed by atoms with Gasteiger partial charge in [0.05, 0.1) is 0 Å². The van der Waals surface area contributed by atoms with Gasteiger partial charge in [-0.1, -0.05) is 41.1 Å². The van der Waals surface area contributed by atoms with Crippen LogP contribution in [0.1, 0.15) is 22.2 Å². The highest BCUT2D eigenvalue weighted by Crippen LogP contribution is 2.18. The van der Waals surface area contributed by atoms with Crippen LogP contribution >= 0.6 is 27.3 Å². The number of nitrogens with one attached hydrogen (secondary N) is 1. The Morgan fingerprint density at radius 1 is 1.06 bits per heavy atom. The standard InChI is InChI=1S/C14H16BrNS/c1-2-12-7-8-13(17-12)10-16-9-11-5-3-4-6-14(11)15/h3-8,16H,2,9-10H2,1H3. The summed E-state index contributed by atoms with van der Waals surface area (Å²) in [6, 6.07) is 12.8.